The number of hydrogen-bond acceptors (Lipinski definition) is 3. The van der Waals surface area contributed by atoms with E-state index in [1.165, 1.54) is 6.20 Å². The molecule has 12 heavy (non-hydrogen) atoms. The van der Waals surface area contributed by atoms with E-state index in [1.807, 2.05) is 0 Å². The zero-order valence-electron chi connectivity index (χ0n) is 6.63. The van der Waals surface area contributed by atoms with Crippen LogP contribution in [0.25, 0.3) is 0 Å². The molecule has 0 bridgehead atoms. The fourth-order valence-electron chi connectivity index (χ4n) is 0.858. The fraction of sp³-hybridized carbons (Fsp3) is 0.571. The van der Waals surface area contributed by atoms with Crippen LogP contribution < -0.4 is 5.73 Å². The molecule has 1 rings (SSSR count). The minimum absolute atomic E-state index is 0.104. The first kappa shape index (κ1) is 9.12. The summed E-state index contributed by atoms with van der Waals surface area (Å²) in [6.07, 6.45) is -0.982. The zero-order chi connectivity index (χ0) is 9.14. The molecule has 0 aromatic carbocycles. The molecule has 1 unspecified atom stereocenters. The van der Waals surface area contributed by atoms with Gasteiger partial charge in [0.2, 0.25) is 0 Å². The van der Waals surface area contributed by atoms with Crippen molar-refractivity contribution in [3.05, 3.63) is 17.5 Å². The molecule has 2 N–H and O–H groups in total. The van der Waals surface area contributed by atoms with Crippen molar-refractivity contribution in [2.75, 3.05) is 0 Å². The highest BCUT2D eigenvalue weighted by molar-refractivity contribution is 5.13. The summed E-state index contributed by atoms with van der Waals surface area (Å²) in [5.41, 5.74) is 5.80. The van der Waals surface area contributed by atoms with E-state index in [1.54, 1.807) is 6.92 Å². The van der Waals surface area contributed by atoms with E-state index in [4.69, 9.17) is 10.3 Å². The van der Waals surface area contributed by atoms with Crippen molar-refractivity contribution < 1.29 is 13.3 Å². The van der Waals surface area contributed by atoms with Gasteiger partial charge in [-0.2, -0.15) is 0 Å². The van der Waals surface area contributed by atoms with E-state index in [2.05, 4.69) is 5.16 Å². The molecule has 1 aromatic heterocycles. The van der Waals surface area contributed by atoms with Crippen molar-refractivity contribution in [1.29, 1.82) is 0 Å². The molecule has 1 atom stereocenters. The summed E-state index contributed by atoms with van der Waals surface area (Å²) in [4.78, 5) is 0. The van der Waals surface area contributed by atoms with Crippen molar-refractivity contribution in [2.24, 2.45) is 5.73 Å². The van der Waals surface area contributed by atoms with E-state index < -0.39 is 12.5 Å². The fourth-order valence-corrected chi connectivity index (χ4v) is 0.858. The summed E-state index contributed by atoms with van der Waals surface area (Å²) >= 11 is 0. The molecule has 68 valence electrons. The SMILES string of the molecule is Cc1oncc1CC(N)C(F)F. The molecule has 0 saturated carbocycles. The molecular weight excluding hydrogens is 166 g/mol. The van der Waals surface area contributed by atoms with Crippen LogP contribution in [0.4, 0.5) is 8.78 Å². The molecule has 0 aliphatic carbocycles. The van der Waals surface area contributed by atoms with Crippen LogP contribution in [0.1, 0.15) is 11.3 Å². The molecule has 0 amide bonds. The lowest BCUT2D eigenvalue weighted by Gasteiger charge is -2.07. The molecule has 0 aliphatic heterocycles. The van der Waals surface area contributed by atoms with Crippen molar-refractivity contribution >= 4 is 0 Å². The molecule has 0 spiro atoms. The van der Waals surface area contributed by atoms with Gasteiger partial charge in [-0.05, 0) is 13.3 Å². The molecule has 0 radical (unpaired) electrons. The van der Waals surface area contributed by atoms with E-state index >= 15 is 0 Å². The highest BCUT2D eigenvalue weighted by atomic mass is 19.3. The Bertz CT molecular complexity index is 249. The maximum absolute atomic E-state index is 12.0. The third kappa shape index (κ3) is 2.01. The van der Waals surface area contributed by atoms with Crippen LogP contribution in [-0.2, 0) is 6.42 Å². The lowest BCUT2D eigenvalue weighted by molar-refractivity contribution is 0.116. The van der Waals surface area contributed by atoms with Crippen LogP contribution in [0.3, 0.4) is 0 Å². The monoisotopic (exact) mass is 176 g/mol. The summed E-state index contributed by atoms with van der Waals surface area (Å²) in [6.45, 7) is 1.67. The lowest BCUT2D eigenvalue weighted by Crippen LogP contribution is -2.30. The summed E-state index contributed by atoms with van der Waals surface area (Å²) in [5.74, 6) is 0.547. The Balaban J connectivity index is 2.58. The van der Waals surface area contributed by atoms with Crippen LogP contribution in [0.15, 0.2) is 10.7 Å². The number of hydrogen-bond donors (Lipinski definition) is 1. The van der Waals surface area contributed by atoms with Gasteiger partial charge in [-0.25, -0.2) is 8.78 Å². The van der Waals surface area contributed by atoms with E-state index in [9.17, 15) is 8.78 Å². The first-order chi connectivity index (χ1) is 5.61. The number of rotatable bonds is 3. The molecule has 5 heteroatoms. The van der Waals surface area contributed by atoms with Crippen molar-refractivity contribution in [1.82, 2.24) is 5.16 Å². The van der Waals surface area contributed by atoms with Gasteiger partial charge in [0.1, 0.15) is 5.76 Å². The first-order valence-corrected chi connectivity index (χ1v) is 3.55. The minimum Gasteiger partial charge on any atom is -0.361 e. The number of nitrogens with zero attached hydrogens (tertiary/aromatic N) is 1. The Labute approximate surface area is 68.5 Å². The van der Waals surface area contributed by atoms with Gasteiger partial charge in [0, 0.05) is 5.56 Å². The van der Waals surface area contributed by atoms with Gasteiger partial charge in [-0.15, -0.1) is 0 Å². The molecule has 1 aromatic rings. The number of nitrogens with two attached hydrogens (primary N) is 1. The average molecular weight is 176 g/mol. The highest BCUT2D eigenvalue weighted by Gasteiger charge is 2.17. The van der Waals surface area contributed by atoms with Crippen LogP contribution in [0.2, 0.25) is 0 Å². The number of alkyl halides is 2. The van der Waals surface area contributed by atoms with E-state index in [0.29, 0.717) is 11.3 Å². The van der Waals surface area contributed by atoms with Crippen LogP contribution >= 0.6 is 0 Å². The minimum atomic E-state index is -2.50. The van der Waals surface area contributed by atoms with Gasteiger partial charge in [-0.3, -0.25) is 0 Å². The van der Waals surface area contributed by atoms with E-state index in [-0.39, 0.29) is 6.42 Å². The van der Waals surface area contributed by atoms with E-state index in [0.717, 1.165) is 0 Å². The Morgan fingerprint density at radius 3 is 2.75 bits per heavy atom. The summed E-state index contributed by atoms with van der Waals surface area (Å²) in [6, 6.07) is -1.14. The second-order valence-electron chi connectivity index (χ2n) is 2.61. The van der Waals surface area contributed by atoms with Gasteiger partial charge in [0.25, 0.3) is 6.43 Å². The van der Waals surface area contributed by atoms with Gasteiger partial charge >= 0.3 is 0 Å². The van der Waals surface area contributed by atoms with Gasteiger partial charge in [0.05, 0.1) is 12.2 Å². The molecule has 3 nitrogen and oxygen atoms in total. The average Bonchev–Trinajstić information content (AvgIpc) is 2.36. The molecule has 0 fully saturated rings. The predicted octanol–water partition coefficient (Wildman–Crippen LogP) is 1.12. The van der Waals surface area contributed by atoms with Crippen LogP contribution in [0.5, 0.6) is 0 Å². The second-order valence-corrected chi connectivity index (χ2v) is 2.61. The smallest absolute Gasteiger partial charge is 0.253 e. The number of halogens is 2. The largest absolute Gasteiger partial charge is 0.361 e. The first-order valence-electron chi connectivity index (χ1n) is 3.55. The molecule has 0 aliphatic rings. The van der Waals surface area contributed by atoms with Crippen LogP contribution in [0, 0.1) is 6.92 Å². The Morgan fingerprint density at radius 2 is 2.33 bits per heavy atom. The normalized spacial score (nSPS) is 13.8. The van der Waals surface area contributed by atoms with Gasteiger partial charge in [0.15, 0.2) is 0 Å². The maximum atomic E-state index is 12.0. The van der Waals surface area contributed by atoms with Crippen molar-refractivity contribution in [3.63, 3.8) is 0 Å². The topological polar surface area (TPSA) is 52.0 Å². The quantitative estimate of drug-likeness (QED) is 0.750. The standard InChI is InChI=1S/C7H10F2N2O/c1-4-5(3-11-12-4)2-6(10)7(8)9/h3,6-7H,2,10H2,1H3. The summed E-state index contributed by atoms with van der Waals surface area (Å²) < 4.78 is 28.6. The predicted molar refractivity (Wildman–Crippen MR) is 38.9 cm³/mol. The Morgan fingerprint density at radius 1 is 1.67 bits per heavy atom. The van der Waals surface area contributed by atoms with Gasteiger partial charge < -0.3 is 10.3 Å². The number of aromatic nitrogens is 1. The Hall–Kier alpha value is -0.970. The summed E-state index contributed by atoms with van der Waals surface area (Å²) in [5, 5.41) is 3.46. The third-order valence-electron chi connectivity index (χ3n) is 1.63. The zero-order valence-corrected chi connectivity index (χ0v) is 6.63. The van der Waals surface area contributed by atoms with Crippen molar-refractivity contribution in [2.45, 2.75) is 25.8 Å². The third-order valence-corrected chi connectivity index (χ3v) is 1.63. The Kier molecular flexibility index (Phi) is 2.75. The second kappa shape index (κ2) is 3.62. The summed E-state index contributed by atoms with van der Waals surface area (Å²) in [7, 11) is 0. The molecule has 0 saturated heterocycles. The lowest BCUT2D eigenvalue weighted by atomic mass is 10.1. The number of aryl methyl sites for hydroxylation is 1. The van der Waals surface area contributed by atoms with Crippen molar-refractivity contribution in [3.8, 4) is 0 Å². The van der Waals surface area contributed by atoms with Gasteiger partial charge in [-0.1, -0.05) is 5.16 Å². The van der Waals surface area contributed by atoms with Crippen LogP contribution in [-0.4, -0.2) is 17.6 Å². The highest BCUT2D eigenvalue weighted by Crippen LogP contribution is 2.11. The maximum Gasteiger partial charge on any atom is 0.253 e. The molecule has 1 heterocycles. The molecular formula is C7H10F2N2O.